The molecule has 0 spiro atoms. The predicted octanol–water partition coefficient (Wildman–Crippen LogP) is 4.09. The van der Waals surface area contributed by atoms with Gasteiger partial charge in [0.1, 0.15) is 24.5 Å². The molecule has 0 fully saturated rings. The van der Waals surface area contributed by atoms with E-state index in [-0.39, 0.29) is 12.5 Å². The van der Waals surface area contributed by atoms with Crippen molar-refractivity contribution in [3.8, 4) is 17.2 Å². The Balaban J connectivity index is 1.47. The number of hydrogen-bond donors (Lipinski definition) is 0. The number of benzene rings is 2. The summed E-state index contributed by atoms with van der Waals surface area (Å²) in [6, 6.07) is 12.9. The van der Waals surface area contributed by atoms with Crippen molar-refractivity contribution >= 4 is 28.4 Å². The Hall–Kier alpha value is -2.99. The molecule has 0 bridgehead atoms. The zero-order valence-corrected chi connectivity index (χ0v) is 16.8. The fourth-order valence-corrected chi connectivity index (χ4v) is 3.52. The molecule has 1 aliphatic rings. The molecule has 4 rings (SSSR count). The van der Waals surface area contributed by atoms with Gasteiger partial charge >= 0.3 is 0 Å². The van der Waals surface area contributed by atoms with Crippen LogP contribution in [0.5, 0.6) is 17.2 Å². The van der Waals surface area contributed by atoms with Gasteiger partial charge in [-0.05, 0) is 37.3 Å². The van der Waals surface area contributed by atoms with Crippen LogP contribution < -0.4 is 14.2 Å². The molecule has 150 valence electrons. The third-order valence-corrected chi connectivity index (χ3v) is 5.10. The molecule has 1 aliphatic heterocycles. The maximum Gasteiger partial charge on any atom is 0.260 e. The summed E-state index contributed by atoms with van der Waals surface area (Å²) in [5, 5.41) is 1.39. The summed E-state index contributed by atoms with van der Waals surface area (Å²) in [5.74, 6) is 1.83. The fourth-order valence-electron chi connectivity index (χ4n) is 3.30. The monoisotopic (exact) mass is 412 g/mol. The second kappa shape index (κ2) is 8.57. The summed E-state index contributed by atoms with van der Waals surface area (Å²) in [4.78, 5) is 18.9. The van der Waals surface area contributed by atoms with Gasteiger partial charge in [0.2, 0.25) is 0 Å². The zero-order valence-electron chi connectivity index (χ0n) is 16.1. The molecule has 29 heavy (non-hydrogen) atoms. The lowest BCUT2D eigenvalue weighted by Gasteiger charge is -2.25. The van der Waals surface area contributed by atoms with Crippen molar-refractivity contribution in [3.63, 3.8) is 0 Å². The Morgan fingerprint density at radius 2 is 2.03 bits per heavy atom. The van der Waals surface area contributed by atoms with Gasteiger partial charge in [-0.1, -0.05) is 23.7 Å². The van der Waals surface area contributed by atoms with Crippen molar-refractivity contribution in [1.82, 2.24) is 9.88 Å². The Kier molecular flexibility index (Phi) is 5.71. The summed E-state index contributed by atoms with van der Waals surface area (Å²) >= 11 is 6.22. The summed E-state index contributed by atoms with van der Waals surface area (Å²) in [7, 11) is 0. The highest BCUT2D eigenvalue weighted by Gasteiger charge is 2.20. The summed E-state index contributed by atoms with van der Waals surface area (Å²) < 4.78 is 17.2. The van der Waals surface area contributed by atoms with Crippen LogP contribution >= 0.6 is 11.6 Å². The van der Waals surface area contributed by atoms with Gasteiger partial charge in [0.05, 0.1) is 5.02 Å². The lowest BCUT2D eigenvalue weighted by molar-refractivity contribution is -0.133. The highest BCUT2D eigenvalue weighted by molar-refractivity contribution is 6.35. The summed E-state index contributed by atoms with van der Waals surface area (Å²) in [6.45, 7) is 3.85. The minimum atomic E-state index is -0.124. The second-order valence-corrected chi connectivity index (χ2v) is 6.99. The highest BCUT2D eigenvalue weighted by Crippen LogP contribution is 2.34. The molecule has 0 radical (unpaired) electrons. The Morgan fingerprint density at radius 1 is 1.17 bits per heavy atom. The van der Waals surface area contributed by atoms with E-state index in [9.17, 15) is 4.79 Å². The maximum atomic E-state index is 12.8. The zero-order chi connectivity index (χ0) is 20.2. The molecule has 3 aromatic rings. The Labute approximate surface area is 174 Å². The lowest BCUT2D eigenvalue weighted by Crippen LogP contribution is -2.34. The van der Waals surface area contributed by atoms with E-state index in [1.807, 2.05) is 37.3 Å². The molecule has 6 nitrogen and oxygen atoms in total. The minimum absolute atomic E-state index is 0.0898. The topological polar surface area (TPSA) is 60.9 Å². The number of aromatic nitrogens is 1. The normalized spacial score (nSPS) is 12.6. The number of carbonyl (C=O) groups excluding carboxylic acids is 1. The van der Waals surface area contributed by atoms with Crippen LogP contribution in [0.15, 0.2) is 48.7 Å². The van der Waals surface area contributed by atoms with Crippen LogP contribution in [-0.2, 0) is 11.3 Å². The smallest absolute Gasteiger partial charge is 0.260 e. The van der Waals surface area contributed by atoms with Crippen LogP contribution in [0.4, 0.5) is 0 Å². The number of amides is 1. The first kappa shape index (κ1) is 19.3. The number of rotatable bonds is 6. The van der Waals surface area contributed by atoms with E-state index in [4.69, 9.17) is 25.8 Å². The first-order valence-electron chi connectivity index (χ1n) is 9.48. The van der Waals surface area contributed by atoms with Crippen LogP contribution in [-0.4, -0.2) is 42.2 Å². The first-order valence-corrected chi connectivity index (χ1v) is 9.86. The first-order chi connectivity index (χ1) is 14.2. The fraction of sp³-hybridized carbons (Fsp3) is 0.273. The molecule has 0 atom stereocenters. The average molecular weight is 413 g/mol. The number of hydrogen-bond acceptors (Lipinski definition) is 5. The van der Waals surface area contributed by atoms with Gasteiger partial charge in [-0.2, -0.15) is 0 Å². The quantitative estimate of drug-likeness (QED) is 0.610. The number of fused-ring (bicyclic) bond motifs is 2. The second-order valence-electron chi connectivity index (χ2n) is 6.58. The van der Waals surface area contributed by atoms with Gasteiger partial charge in [-0.25, -0.2) is 0 Å². The van der Waals surface area contributed by atoms with Crippen LogP contribution in [0.2, 0.25) is 5.02 Å². The molecular formula is C22H21ClN2O4. The Morgan fingerprint density at radius 3 is 2.90 bits per heavy atom. The van der Waals surface area contributed by atoms with Crippen molar-refractivity contribution < 1.29 is 19.0 Å². The van der Waals surface area contributed by atoms with Gasteiger partial charge in [0.15, 0.2) is 18.1 Å². The van der Waals surface area contributed by atoms with Crippen molar-refractivity contribution in [3.05, 3.63) is 59.2 Å². The van der Waals surface area contributed by atoms with Crippen molar-refractivity contribution in [1.29, 1.82) is 0 Å². The minimum Gasteiger partial charge on any atom is -0.486 e. The van der Waals surface area contributed by atoms with Crippen LogP contribution in [0.25, 0.3) is 10.9 Å². The van der Waals surface area contributed by atoms with Gasteiger partial charge in [0.25, 0.3) is 5.91 Å². The van der Waals surface area contributed by atoms with E-state index < -0.39 is 0 Å². The molecule has 2 aromatic carbocycles. The van der Waals surface area contributed by atoms with E-state index in [0.29, 0.717) is 54.1 Å². The number of nitrogens with zero attached hydrogens (tertiary/aromatic N) is 2. The molecule has 0 saturated heterocycles. The van der Waals surface area contributed by atoms with E-state index in [1.54, 1.807) is 23.2 Å². The molecule has 1 aromatic heterocycles. The Bertz CT molecular complexity index is 1040. The number of halogens is 1. The third kappa shape index (κ3) is 4.07. The molecular weight excluding hydrogens is 392 g/mol. The van der Waals surface area contributed by atoms with E-state index in [1.165, 1.54) is 0 Å². The highest BCUT2D eigenvalue weighted by atomic mass is 35.5. The lowest BCUT2D eigenvalue weighted by atomic mass is 10.1. The van der Waals surface area contributed by atoms with E-state index in [0.717, 1.165) is 10.9 Å². The number of para-hydroxylation sites is 1. The maximum absolute atomic E-state index is 12.8. The summed E-state index contributed by atoms with van der Waals surface area (Å²) in [6.07, 6.45) is 1.67. The number of likely N-dealkylation sites (N-methyl/N-ethyl adjacent to an activating group) is 1. The van der Waals surface area contributed by atoms with Crippen molar-refractivity contribution in [2.75, 3.05) is 26.4 Å². The number of ether oxygens (including phenoxy) is 3. The van der Waals surface area contributed by atoms with Crippen molar-refractivity contribution in [2.24, 2.45) is 0 Å². The molecule has 0 N–H and O–H groups in total. The van der Waals surface area contributed by atoms with Crippen LogP contribution in [0, 0.1) is 0 Å². The van der Waals surface area contributed by atoms with E-state index >= 15 is 0 Å². The van der Waals surface area contributed by atoms with Gasteiger partial charge < -0.3 is 19.1 Å². The molecule has 0 unspecified atom stereocenters. The van der Waals surface area contributed by atoms with Crippen molar-refractivity contribution in [2.45, 2.75) is 13.5 Å². The average Bonchev–Trinajstić information content (AvgIpc) is 2.77. The van der Waals surface area contributed by atoms with Crippen LogP contribution in [0.3, 0.4) is 0 Å². The SMILES string of the molecule is CCN(Cc1cccc2c1OCCO2)C(=O)COc1ccc(Cl)c2cccnc12. The standard InChI is InChI=1S/C22H21ClN2O4/c1-2-25(13-15-5-3-7-19-22(15)28-12-11-27-19)20(26)14-29-18-9-8-17(23)16-6-4-10-24-21(16)18/h3-10H,2,11-14H2,1H3. The van der Waals surface area contributed by atoms with Gasteiger partial charge in [-0.15, -0.1) is 0 Å². The predicted molar refractivity (Wildman–Crippen MR) is 111 cm³/mol. The molecule has 7 heteroatoms. The molecule has 0 saturated carbocycles. The molecule has 1 amide bonds. The largest absolute Gasteiger partial charge is 0.486 e. The molecule has 2 heterocycles. The number of carbonyl (C=O) groups is 1. The summed E-state index contributed by atoms with van der Waals surface area (Å²) in [5.41, 5.74) is 1.55. The number of pyridine rings is 1. The van der Waals surface area contributed by atoms with Gasteiger partial charge in [0, 0.05) is 30.2 Å². The van der Waals surface area contributed by atoms with Crippen LogP contribution in [0.1, 0.15) is 12.5 Å². The van der Waals surface area contributed by atoms with Gasteiger partial charge in [-0.3, -0.25) is 9.78 Å². The molecule has 0 aliphatic carbocycles. The third-order valence-electron chi connectivity index (χ3n) is 4.77. The van der Waals surface area contributed by atoms with E-state index in [2.05, 4.69) is 4.98 Å².